The molecule has 0 atom stereocenters. The Morgan fingerprint density at radius 2 is 1.77 bits per heavy atom. The third-order valence-electron chi connectivity index (χ3n) is 7.24. The van der Waals surface area contributed by atoms with Gasteiger partial charge in [0.2, 0.25) is 11.8 Å². The Labute approximate surface area is 278 Å². The lowest BCUT2D eigenvalue weighted by molar-refractivity contribution is -0.119. The third-order valence-corrected chi connectivity index (χ3v) is 8.05. The number of carbonyl (C=O) groups excluding carboxylic acids is 1. The first-order chi connectivity index (χ1) is 22.6. The van der Waals surface area contributed by atoms with Gasteiger partial charge in [-0.2, -0.15) is 5.10 Å². The number of benzene rings is 2. The molecule has 1 aliphatic rings. The van der Waals surface area contributed by atoms with Gasteiger partial charge < -0.3 is 20.7 Å². The monoisotopic (exact) mass is 682 g/mol. The van der Waals surface area contributed by atoms with Gasteiger partial charge in [0.15, 0.2) is 0 Å². The molecule has 3 aromatic heterocycles. The highest BCUT2D eigenvalue weighted by Gasteiger charge is 2.20. The zero-order chi connectivity index (χ0) is 33.7. The maximum atomic E-state index is 13.6. The molecule has 3 N–H and O–H groups in total. The normalized spacial score (nSPS) is 12.6. The number of alkyl halides is 2. The standard InChI is InChI=1S/C28H23Cl2F2N7O2.C4H7NO/c1-33-12-21-27(41-3)38-20(13-34-21)17-8-4-6-15(23(17)29)16-7-5-9-18(24(16)30)36-26-22-14(10-19(37-26)25(31)32)11-35-39(2)28(22)40;6-4-2-1-3-5-4/h4-11,13,25,33H,12H2,1-3H3,(H,36,37);1-3H2,(H,5,6). The number of nitrogens with zero attached hydrogens (tertiary/aromatic N) is 5. The van der Waals surface area contributed by atoms with E-state index in [2.05, 4.69) is 36.0 Å². The molecule has 1 amide bonds. The highest BCUT2D eigenvalue weighted by molar-refractivity contribution is 6.39. The summed E-state index contributed by atoms with van der Waals surface area (Å²) >= 11 is 13.7. The molecule has 6 rings (SSSR count). The van der Waals surface area contributed by atoms with Crippen molar-refractivity contribution >= 4 is 51.4 Å². The molecule has 0 bridgehead atoms. The van der Waals surface area contributed by atoms with Gasteiger partial charge in [0, 0.05) is 48.6 Å². The lowest BCUT2D eigenvalue weighted by Crippen LogP contribution is -2.20. The van der Waals surface area contributed by atoms with Crippen LogP contribution in [0.5, 0.6) is 5.88 Å². The number of ether oxygens (including phenoxy) is 1. The summed E-state index contributed by atoms with van der Waals surface area (Å²) in [6.45, 7) is 1.37. The Morgan fingerprint density at radius 1 is 1.04 bits per heavy atom. The average molecular weight is 684 g/mol. The number of hydrogen-bond acceptors (Lipinski definition) is 9. The number of anilines is 2. The first kappa shape index (κ1) is 33.6. The van der Waals surface area contributed by atoms with Crippen LogP contribution in [0.4, 0.5) is 20.3 Å². The predicted octanol–water partition coefficient (Wildman–Crippen LogP) is 6.06. The molecule has 0 radical (unpaired) electrons. The number of carbonyl (C=O) groups is 1. The van der Waals surface area contributed by atoms with E-state index in [1.165, 1.54) is 20.4 Å². The Bertz CT molecular complexity index is 2000. The van der Waals surface area contributed by atoms with Gasteiger partial charge in [-0.3, -0.25) is 14.6 Å². The molecular weight excluding hydrogens is 653 g/mol. The number of aryl methyl sites for hydroxylation is 1. The van der Waals surface area contributed by atoms with E-state index in [4.69, 9.17) is 27.9 Å². The summed E-state index contributed by atoms with van der Waals surface area (Å²) in [5.41, 5.74) is 2.24. The smallest absolute Gasteiger partial charge is 0.280 e. The van der Waals surface area contributed by atoms with Crippen LogP contribution in [0.25, 0.3) is 33.2 Å². The fraction of sp³-hybridized carbons (Fsp3) is 0.250. The van der Waals surface area contributed by atoms with Crippen LogP contribution in [-0.2, 0) is 18.4 Å². The van der Waals surface area contributed by atoms with Crippen molar-refractivity contribution in [1.82, 2.24) is 35.4 Å². The van der Waals surface area contributed by atoms with Gasteiger partial charge in [0.1, 0.15) is 17.2 Å². The lowest BCUT2D eigenvalue weighted by atomic mass is 10.0. The van der Waals surface area contributed by atoms with Crippen molar-refractivity contribution in [3.8, 4) is 28.3 Å². The molecule has 1 saturated heterocycles. The summed E-state index contributed by atoms with van der Waals surface area (Å²) < 4.78 is 33.8. The van der Waals surface area contributed by atoms with Gasteiger partial charge in [-0.15, -0.1) is 0 Å². The molecule has 2 aromatic carbocycles. The molecule has 244 valence electrons. The number of halogens is 4. The number of pyridine rings is 1. The van der Waals surface area contributed by atoms with Crippen LogP contribution in [0.3, 0.4) is 0 Å². The minimum atomic E-state index is -2.86. The van der Waals surface area contributed by atoms with Crippen LogP contribution in [0.2, 0.25) is 10.0 Å². The minimum absolute atomic E-state index is 0.0660. The molecule has 0 spiro atoms. The molecule has 5 aromatic rings. The Balaban J connectivity index is 0.000000650. The van der Waals surface area contributed by atoms with Crippen molar-refractivity contribution in [2.75, 3.05) is 26.0 Å². The molecule has 0 aliphatic carbocycles. The van der Waals surface area contributed by atoms with Crippen molar-refractivity contribution in [1.29, 1.82) is 0 Å². The van der Waals surface area contributed by atoms with Crippen LogP contribution >= 0.6 is 23.2 Å². The van der Waals surface area contributed by atoms with Gasteiger partial charge in [-0.25, -0.2) is 23.4 Å². The van der Waals surface area contributed by atoms with Crippen molar-refractivity contribution in [3.05, 3.63) is 86.6 Å². The Kier molecular flexibility index (Phi) is 10.6. The summed E-state index contributed by atoms with van der Waals surface area (Å²) in [4.78, 5) is 36.1. The number of fused-ring (bicyclic) bond motifs is 1. The number of nitrogens with one attached hydrogen (secondary N) is 3. The van der Waals surface area contributed by atoms with Gasteiger partial charge in [-0.05, 0) is 25.6 Å². The topological polar surface area (TPSA) is 136 Å². The quantitative estimate of drug-likeness (QED) is 0.178. The van der Waals surface area contributed by atoms with E-state index >= 15 is 0 Å². The minimum Gasteiger partial charge on any atom is -0.480 e. The van der Waals surface area contributed by atoms with Crippen LogP contribution in [-0.4, -0.2) is 51.3 Å². The number of rotatable bonds is 8. The van der Waals surface area contributed by atoms with Crippen molar-refractivity contribution < 1.29 is 18.3 Å². The van der Waals surface area contributed by atoms with Crippen LogP contribution in [0, 0.1) is 0 Å². The number of amides is 1. The fourth-order valence-corrected chi connectivity index (χ4v) is 5.52. The Hall–Kier alpha value is -4.72. The number of methoxy groups -OCH3 is 1. The van der Waals surface area contributed by atoms with E-state index in [0.29, 0.717) is 51.2 Å². The first-order valence-electron chi connectivity index (χ1n) is 14.4. The average Bonchev–Trinajstić information content (AvgIpc) is 3.55. The van der Waals surface area contributed by atoms with Gasteiger partial charge in [-0.1, -0.05) is 53.5 Å². The zero-order valence-electron chi connectivity index (χ0n) is 25.6. The molecule has 47 heavy (non-hydrogen) atoms. The summed E-state index contributed by atoms with van der Waals surface area (Å²) in [6, 6.07) is 11.7. The second-order valence-electron chi connectivity index (χ2n) is 10.4. The molecule has 11 nitrogen and oxygen atoms in total. The molecule has 1 aliphatic heterocycles. The molecule has 0 unspecified atom stereocenters. The lowest BCUT2D eigenvalue weighted by Gasteiger charge is -2.16. The largest absolute Gasteiger partial charge is 0.480 e. The van der Waals surface area contributed by atoms with E-state index in [9.17, 15) is 18.4 Å². The maximum absolute atomic E-state index is 13.6. The van der Waals surface area contributed by atoms with Crippen LogP contribution in [0.15, 0.2) is 59.7 Å². The summed E-state index contributed by atoms with van der Waals surface area (Å²) in [5.74, 6) is 0.508. The molecule has 15 heteroatoms. The predicted molar refractivity (Wildman–Crippen MR) is 178 cm³/mol. The molecule has 0 saturated carbocycles. The molecule has 1 fully saturated rings. The third kappa shape index (κ3) is 7.32. The maximum Gasteiger partial charge on any atom is 0.280 e. The van der Waals surface area contributed by atoms with E-state index in [1.807, 2.05) is 0 Å². The molecular formula is C32H30Cl2F2N8O3. The summed E-state index contributed by atoms with van der Waals surface area (Å²) in [6.07, 6.45) is 1.85. The van der Waals surface area contributed by atoms with E-state index in [1.54, 1.807) is 49.6 Å². The first-order valence-corrected chi connectivity index (χ1v) is 15.2. The van der Waals surface area contributed by atoms with Gasteiger partial charge >= 0.3 is 0 Å². The van der Waals surface area contributed by atoms with Crippen LogP contribution in [0.1, 0.15) is 30.7 Å². The van der Waals surface area contributed by atoms with Crippen molar-refractivity contribution in [2.45, 2.75) is 25.8 Å². The number of aromatic nitrogens is 5. The van der Waals surface area contributed by atoms with E-state index in [0.717, 1.165) is 30.1 Å². The van der Waals surface area contributed by atoms with Crippen molar-refractivity contribution in [2.24, 2.45) is 7.05 Å². The fourth-order valence-electron chi connectivity index (χ4n) is 4.92. The second-order valence-corrected chi connectivity index (χ2v) is 11.1. The van der Waals surface area contributed by atoms with E-state index in [-0.39, 0.29) is 27.5 Å². The van der Waals surface area contributed by atoms with Gasteiger partial charge in [0.25, 0.3) is 12.0 Å². The Morgan fingerprint density at radius 3 is 2.40 bits per heavy atom. The highest BCUT2D eigenvalue weighted by atomic mass is 35.5. The number of hydrogen-bond donors (Lipinski definition) is 3. The van der Waals surface area contributed by atoms with E-state index < -0.39 is 17.7 Å². The highest BCUT2D eigenvalue weighted by Crippen LogP contribution is 2.42. The van der Waals surface area contributed by atoms with Crippen LogP contribution < -0.4 is 26.2 Å². The van der Waals surface area contributed by atoms with Gasteiger partial charge in [0.05, 0.1) is 46.3 Å². The molecule has 4 heterocycles. The second kappa shape index (κ2) is 14.8. The summed E-state index contributed by atoms with van der Waals surface area (Å²) in [5, 5.41) is 13.6. The van der Waals surface area contributed by atoms with Crippen molar-refractivity contribution in [3.63, 3.8) is 0 Å². The SMILES string of the molecule is CNCc1ncc(-c2cccc(-c3cccc(Nc4nc(C(F)F)cc5cnn(C)c(=O)c45)c3Cl)c2Cl)nc1OC.O=C1CCCN1. The zero-order valence-corrected chi connectivity index (χ0v) is 27.1. The summed E-state index contributed by atoms with van der Waals surface area (Å²) in [7, 11) is 4.78.